The molecule has 0 aliphatic heterocycles. The molecule has 4 aromatic rings. The molecule has 144 valence electrons. The lowest BCUT2D eigenvalue weighted by Crippen LogP contribution is -2.07. The molecule has 1 aromatic carbocycles. The van der Waals surface area contributed by atoms with Crippen LogP contribution in [0.1, 0.15) is 12.5 Å². The van der Waals surface area contributed by atoms with Crippen LogP contribution in [0.2, 0.25) is 0 Å². The van der Waals surface area contributed by atoms with Gasteiger partial charge >= 0.3 is 6.18 Å². The first-order valence-electron chi connectivity index (χ1n) is 8.16. The van der Waals surface area contributed by atoms with Gasteiger partial charge in [-0.3, -0.25) is 0 Å². The Morgan fingerprint density at radius 3 is 2.54 bits per heavy atom. The number of hydrogen-bond donors (Lipinski definition) is 0. The van der Waals surface area contributed by atoms with E-state index in [1.54, 1.807) is 24.3 Å². The van der Waals surface area contributed by atoms with Crippen LogP contribution < -0.4 is 0 Å². The molecule has 6 nitrogen and oxygen atoms in total. The second-order valence-corrected chi connectivity index (χ2v) is 8.24. The lowest BCUT2D eigenvalue weighted by Gasteiger charge is -2.08. The summed E-state index contributed by atoms with van der Waals surface area (Å²) < 4.78 is 69.3. The molecule has 0 radical (unpaired) electrons. The normalized spacial score (nSPS) is 12.7. The largest absolute Gasteiger partial charge is 0.417 e. The highest BCUT2D eigenvalue weighted by Crippen LogP contribution is 2.33. The smallest absolute Gasteiger partial charge is 0.416 e. The van der Waals surface area contributed by atoms with Gasteiger partial charge in [0.1, 0.15) is 11.2 Å². The number of aromatic nitrogens is 3. The van der Waals surface area contributed by atoms with Gasteiger partial charge in [-0.25, -0.2) is 23.4 Å². The van der Waals surface area contributed by atoms with E-state index in [9.17, 15) is 21.6 Å². The molecule has 4 rings (SSSR count). The van der Waals surface area contributed by atoms with Gasteiger partial charge in [0, 0.05) is 11.6 Å². The lowest BCUT2D eigenvalue weighted by atomic mass is 10.2. The number of para-hydroxylation sites is 1. The summed E-state index contributed by atoms with van der Waals surface area (Å²) in [5.74, 6) is -0.393. The first kappa shape index (κ1) is 18.4. The van der Waals surface area contributed by atoms with Gasteiger partial charge in [-0.2, -0.15) is 13.2 Å². The summed E-state index contributed by atoms with van der Waals surface area (Å²) in [6.07, 6.45) is -3.95. The minimum atomic E-state index is -4.59. The fraction of sp³-hybridized carbons (Fsp3) is 0.167. The van der Waals surface area contributed by atoms with Gasteiger partial charge in [-0.05, 0) is 18.2 Å². The van der Waals surface area contributed by atoms with E-state index in [1.165, 1.54) is 13.0 Å². The zero-order chi connectivity index (χ0) is 20.1. The van der Waals surface area contributed by atoms with Crippen LogP contribution in [0.3, 0.4) is 0 Å². The standard InChI is InChI=1S/C18H12F3N3O3S/c1-2-28(25,26)14-7-10-5-3-4-6-12(10)23-15(14)17-24-13-8-11(18(19,20)21)9-22-16(13)27-17/h3-9H,2H2,1H3. The fourth-order valence-electron chi connectivity index (χ4n) is 2.72. The van der Waals surface area contributed by atoms with E-state index >= 15 is 0 Å². The lowest BCUT2D eigenvalue weighted by molar-refractivity contribution is -0.137. The molecule has 3 heterocycles. The van der Waals surface area contributed by atoms with Crippen molar-refractivity contribution in [2.75, 3.05) is 5.75 Å². The van der Waals surface area contributed by atoms with Gasteiger partial charge in [0.15, 0.2) is 9.84 Å². The van der Waals surface area contributed by atoms with Crippen molar-refractivity contribution in [2.45, 2.75) is 18.0 Å². The van der Waals surface area contributed by atoms with E-state index in [2.05, 4.69) is 15.0 Å². The molecule has 0 saturated carbocycles. The molecule has 0 fully saturated rings. The van der Waals surface area contributed by atoms with Crippen molar-refractivity contribution in [3.8, 4) is 11.6 Å². The highest BCUT2D eigenvalue weighted by molar-refractivity contribution is 7.91. The Bertz CT molecular complexity index is 1310. The maximum Gasteiger partial charge on any atom is 0.417 e. The Balaban J connectivity index is 1.98. The van der Waals surface area contributed by atoms with Crippen LogP contribution in [-0.2, 0) is 16.0 Å². The number of alkyl halides is 3. The number of fused-ring (bicyclic) bond motifs is 2. The van der Waals surface area contributed by atoms with Crippen molar-refractivity contribution in [3.05, 3.63) is 48.2 Å². The van der Waals surface area contributed by atoms with E-state index in [0.717, 1.165) is 6.07 Å². The molecule has 10 heteroatoms. The highest BCUT2D eigenvalue weighted by Gasteiger charge is 2.32. The van der Waals surface area contributed by atoms with Crippen molar-refractivity contribution in [3.63, 3.8) is 0 Å². The van der Waals surface area contributed by atoms with E-state index < -0.39 is 21.6 Å². The van der Waals surface area contributed by atoms with Gasteiger partial charge in [0.05, 0.1) is 21.7 Å². The average molecular weight is 407 g/mol. The zero-order valence-corrected chi connectivity index (χ0v) is 15.2. The molecule has 3 aromatic heterocycles. The summed E-state index contributed by atoms with van der Waals surface area (Å²) in [6.45, 7) is 1.48. The summed E-state index contributed by atoms with van der Waals surface area (Å²) in [4.78, 5) is 11.9. The minimum Gasteiger partial charge on any atom is -0.416 e. The number of pyridine rings is 2. The highest BCUT2D eigenvalue weighted by atomic mass is 32.2. The maximum atomic E-state index is 12.9. The van der Waals surface area contributed by atoms with E-state index in [0.29, 0.717) is 17.1 Å². The van der Waals surface area contributed by atoms with Gasteiger partial charge in [0.2, 0.25) is 11.6 Å². The number of sulfone groups is 1. The van der Waals surface area contributed by atoms with Gasteiger partial charge in [-0.15, -0.1) is 0 Å². The fourth-order valence-corrected chi connectivity index (χ4v) is 3.77. The summed E-state index contributed by atoms with van der Waals surface area (Å²) in [5, 5.41) is 0.604. The predicted molar refractivity (Wildman–Crippen MR) is 95.3 cm³/mol. The van der Waals surface area contributed by atoms with Crippen LogP contribution >= 0.6 is 0 Å². The molecule has 0 N–H and O–H groups in total. The SMILES string of the molecule is CCS(=O)(=O)c1cc2ccccc2nc1-c1nc2cc(C(F)(F)F)cnc2o1. The van der Waals surface area contributed by atoms with Crippen molar-refractivity contribution >= 4 is 32.0 Å². The Morgan fingerprint density at radius 2 is 1.82 bits per heavy atom. The third-order valence-electron chi connectivity index (χ3n) is 4.18. The third kappa shape index (κ3) is 3.09. The number of halogens is 3. The summed E-state index contributed by atoms with van der Waals surface area (Å²) in [5.41, 5.74) is -0.823. The Kier molecular flexibility index (Phi) is 4.11. The van der Waals surface area contributed by atoms with E-state index in [4.69, 9.17) is 4.42 Å². The molecule has 0 aliphatic rings. The van der Waals surface area contributed by atoms with Crippen LogP contribution in [-0.4, -0.2) is 29.1 Å². The van der Waals surface area contributed by atoms with E-state index in [-0.39, 0.29) is 33.5 Å². The summed E-state index contributed by atoms with van der Waals surface area (Å²) in [7, 11) is -3.70. The number of hydrogen-bond acceptors (Lipinski definition) is 6. The third-order valence-corrected chi connectivity index (χ3v) is 5.92. The number of nitrogens with zero attached hydrogens (tertiary/aromatic N) is 3. The number of oxazole rings is 1. The quantitative estimate of drug-likeness (QED) is 0.505. The van der Waals surface area contributed by atoms with Crippen molar-refractivity contribution < 1.29 is 26.0 Å². The van der Waals surface area contributed by atoms with E-state index in [1.807, 2.05) is 0 Å². The average Bonchev–Trinajstić information content (AvgIpc) is 3.09. The number of rotatable bonds is 3. The first-order chi connectivity index (χ1) is 13.2. The Labute approximate surface area is 157 Å². The summed E-state index contributed by atoms with van der Waals surface area (Å²) in [6, 6.07) is 9.13. The van der Waals surface area contributed by atoms with Gasteiger partial charge < -0.3 is 4.42 Å². The molecular formula is C18H12F3N3O3S. The van der Waals surface area contributed by atoms with Crippen LogP contribution in [0.5, 0.6) is 0 Å². The zero-order valence-electron chi connectivity index (χ0n) is 14.4. The second kappa shape index (κ2) is 6.26. The van der Waals surface area contributed by atoms with Gasteiger partial charge in [0.25, 0.3) is 0 Å². The Hall–Kier alpha value is -3.01. The number of benzene rings is 1. The van der Waals surface area contributed by atoms with Crippen molar-refractivity contribution in [1.29, 1.82) is 0 Å². The van der Waals surface area contributed by atoms with Gasteiger partial charge in [-0.1, -0.05) is 25.1 Å². The molecule has 28 heavy (non-hydrogen) atoms. The molecule has 0 aliphatic carbocycles. The molecule has 0 saturated heterocycles. The van der Waals surface area contributed by atoms with Crippen LogP contribution in [0.25, 0.3) is 33.7 Å². The van der Waals surface area contributed by atoms with Crippen molar-refractivity contribution in [2.24, 2.45) is 0 Å². The monoisotopic (exact) mass is 407 g/mol. The van der Waals surface area contributed by atoms with Crippen LogP contribution in [0.15, 0.2) is 51.9 Å². The second-order valence-electron chi connectivity index (χ2n) is 6.00. The van der Waals surface area contributed by atoms with Crippen LogP contribution in [0, 0.1) is 0 Å². The molecule has 0 amide bonds. The molecular weight excluding hydrogens is 395 g/mol. The maximum absolute atomic E-state index is 12.9. The summed E-state index contributed by atoms with van der Waals surface area (Å²) >= 11 is 0. The molecule has 0 atom stereocenters. The Morgan fingerprint density at radius 1 is 1.07 bits per heavy atom. The predicted octanol–water partition coefficient (Wildman–Crippen LogP) is 4.25. The molecule has 0 spiro atoms. The molecule has 0 unspecified atom stereocenters. The van der Waals surface area contributed by atoms with Crippen LogP contribution in [0.4, 0.5) is 13.2 Å². The minimum absolute atomic E-state index is 0.0629. The first-order valence-corrected chi connectivity index (χ1v) is 9.81. The molecule has 0 bridgehead atoms. The van der Waals surface area contributed by atoms with Crippen molar-refractivity contribution in [1.82, 2.24) is 15.0 Å². The topological polar surface area (TPSA) is 86.0 Å².